The second-order valence-corrected chi connectivity index (χ2v) is 9.02. The lowest BCUT2D eigenvalue weighted by atomic mass is 10.0. The van der Waals surface area contributed by atoms with E-state index in [1.165, 1.54) is 13.3 Å². The molecular formula is C24H24BrN5O8. The lowest BCUT2D eigenvalue weighted by molar-refractivity contribution is -0.394. The quantitative estimate of drug-likeness (QED) is 0.163. The highest BCUT2D eigenvalue weighted by atomic mass is 79.9. The van der Waals surface area contributed by atoms with Crippen molar-refractivity contribution in [3.8, 4) is 23.8 Å². The first-order chi connectivity index (χ1) is 18.0. The van der Waals surface area contributed by atoms with Crippen molar-refractivity contribution in [1.82, 2.24) is 10.7 Å². The molecule has 0 fully saturated rings. The van der Waals surface area contributed by atoms with E-state index in [1.54, 1.807) is 12.1 Å². The molecule has 2 amide bonds. The molecule has 0 saturated carbocycles. The van der Waals surface area contributed by atoms with Gasteiger partial charge in [-0.05, 0) is 46.0 Å². The van der Waals surface area contributed by atoms with Gasteiger partial charge in [-0.2, -0.15) is 5.10 Å². The normalized spacial score (nSPS) is 11.5. The summed E-state index contributed by atoms with van der Waals surface area (Å²) in [5.74, 6) is 1.54. The first kappa shape index (κ1) is 29.7. The van der Waals surface area contributed by atoms with E-state index >= 15 is 0 Å². The molecule has 1 atom stereocenters. The monoisotopic (exact) mass is 589 g/mol. The van der Waals surface area contributed by atoms with Crippen LogP contribution in [0.1, 0.15) is 36.2 Å². The molecule has 0 aromatic heterocycles. The lowest BCUT2D eigenvalue weighted by Gasteiger charge is -2.19. The molecule has 2 aromatic rings. The number of hydrogen-bond donors (Lipinski definition) is 2. The molecule has 0 radical (unpaired) electrons. The third-order valence-corrected chi connectivity index (χ3v) is 5.44. The molecule has 0 bridgehead atoms. The summed E-state index contributed by atoms with van der Waals surface area (Å²) in [6.45, 7) is 3.67. The zero-order chi connectivity index (χ0) is 28.4. The van der Waals surface area contributed by atoms with Gasteiger partial charge < -0.3 is 14.8 Å². The first-order valence-electron chi connectivity index (χ1n) is 11.0. The van der Waals surface area contributed by atoms with Gasteiger partial charge in [0.1, 0.15) is 12.6 Å². The van der Waals surface area contributed by atoms with E-state index in [4.69, 9.17) is 15.9 Å². The standard InChI is InChI=1S/C24H24BrN5O8/c1-5-6-38-22-19(25)8-15(9-21(22)37-4)13-26-28-24(32)20(7-14(2)3)27-23(31)16-10-17(29(33)34)12-18(11-16)30(35)36/h1,8-14,20H,6-7H2,2-4H3,(H,27,31)(H,28,32)/b26-13-/t20-/m0/s1. The number of methoxy groups -OCH3 is 1. The molecule has 38 heavy (non-hydrogen) atoms. The van der Waals surface area contributed by atoms with Gasteiger partial charge in [-0.25, -0.2) is 5.43 Å². The van der Waals surface area contributed by atoms with Crippen molar-refractivity contribution in [2.24, 2.45) is 11.0 Å². The van der Waals surface area contributed by atoms with E-state index in [2.05, 4.69) is 37.7 Å². The number of rotatable bonds is 12. The molecule has 0 saturated heterocycles. The number of nitro groups is 2. The maximum Gasteiger partial charge on any atom is 0.277 e. The van der Waals surface area contributed by atoms with Crippen LogP contribution in [0.5, 0.6) is 11.5 Å². The van der Waals surface area contributed by atoms with Gasteiger partial charge in [0.25, 0.3) is 23.2 Å². The topological polar surface area (TPSA) is 175 Å². The van der Waals surface area contributed by atoms with Crippen LogP contribution in [0.2, 0.25) is 0 Å². The van der Waals surface area contributed by atoms with Gasteiger partial charge in [-0.15, -0.1) is 6.42 Å². The van der Waals surface area contributed by atoms with Crippen LogP contribution in [-0.4, -0.2) is 47.6 Å². The van der Waals surface area contributed by atoms with Crippen molar-refractivity contribution in [3.05, 3.63) is 66.2 Å². The Bertz CT molecular complexity index is 1270. The fraction of sp³-hybridized carbons (Fsp3) is 0.292. The van der Waals surface area contributed by atoms with E-state index in [0.717, 1.165) is 18.2 Å². The number of benzene rings is 2. The fourth-order valence-electron chi connectivity index (χ4n) is 3.20. The van der Waals surface area contributed by atoms with Gasteiger partial charge in [-0.1, -0.05) is 19.8 Å². The summed E-state index contributed by atoms with van der Waals surface area (Å²) in [6.07, 6.45) is 6.76. The molecule has 2 N–H and O–H groups in total. The Balaban J connectivity index is 2.21. The smallest absolute Gasteiger partial charge is 0.277 e. The molecule has 0 spiro atoms. The van der Waals surface area contributed by atoms with Crippen LogP contribution in [0.4, 0.5) is 11.4 Å². The number of amides is 2. The van der Waals surface area contributed by atoms with Crippen molar-refractivity contribution in [2.75, 3.05) is 13.7 Å². The van der Waals surface area contributed by atoms with Gasteiger partial charge in [0, 0.05) is 12.1 Å². The Kier molecular flexibility index (Phi) is 10.7. The van der Waals surface area contributed by atoms with Gasteiger partial charge in [0.15, 0.2) is 11.5 Å². The molecule has 13 nitrogen and oxygen atoms in total. The van der Waals surface area contributed by atoms with E-state index in [0.29, 0.717) is 21.5 Å². The predicted molar refractivity (Wildman–Crippen MR) is 141 cm³/mol. The van der Waals surface area contributed by atoms with Gasteiger partial charge in [-0.3, -0.25) is 29.8 Å². The summed E-state index contributed by atoms with van der Waals surface area (Å²) in [6, 6.07) is 4.71. The summed E-state index contributed by atoms with van der Waals surface area (Å²) in [7, 11) is 1.45. The summed E-state index contributed by atoms with van der Waals surface area (Å²) < 4.78 is 11.3. The molecule has 14 heteroatoms. The number of nitro benzene ring substituents is 2. The van der Waals surface area contributed by atoms with Crippen LogP contribution in [0.15, 0.2) is 39.9 Å². The number of ether oxygens (including phenoxy) is 2. The number of nitrogens with zero attached hydrogens (tertiary/aromatic N) is 3. The van der Waals surface area contributed by atoms with Gasteiger partial charge >= 0.3 is 0 Å². The van der Waals surface area contributed by atoms with Crippen LogP contribution < -0.4 is 20.2 Å². The van der Waals surface area contributed by atoms with E-state index in [9.17, 15) is 29.8 Å². The predicted octanol–water partition coefficient (Wildman–Crippen LogP) is 3.58. The van der Waals surface area contributed by atoms with Crippen molar-refractivity contribution >= 4 is 45.3 Å². The molecule has 0 aliphatic carbocycles. The minimum atomic E-state index is -1.08. The van der Waals surface area contributed by atoms with Crippen LogP contribution in [-0.2, 0) is 4.79 Å². The minimum Gasteiger partial charge on any atom is -0.493 e. The van der Waals surface area contributed by atoms with Crippen LogP contribution >= 0.6 is 15.9 Å². The Hall–Kier alpha value is -4.51. The summed E-state index contributed by atoms with van der Waals surface area (Å²) in [5.41, 5.74) is 1.29. The SMILES string of the molecule is C#CCOc1c(Br)cc(/C=N\NC(=O)[C@H](CC(C)C)NC(=O)c2cc([N+](=O)[O-])cc([N+](=O)[O-])c2)cc1OC. The number of nitrogens with one attached hydrogen (secondary N) is 2. The number of carbonyl (C=O) groups is 2. The van der Waals surface area contributed by atoms with Gasteiger partial charge in [0.2, 0.25) is 0 Å². The maximum atomic E-state index is 12.8. The highest BCUT2D eigenvalue weighted by Gasteiger charge is 2.25. The highest BCUT2D eigenvalue weighted by Crippen LogP contribution is 2.36. The second kappa shape index (κ2) is 13.7. The van der Waals surface area contributed by atoms with E-state index in [1.807, 2.05) is 13.8 Å². The molecule has 2 rings (SSSR count). The Morgan fingerprint density at radius 2 is 1.79 bits per heavy atom. The summed E-state index contributed by atoms with van der Waals surface area (Å²) in [4.78, 5) is 46.2. The van der Waals surface area contributed by atoms with E-state index < -0.39 is 39.1 Å². The average molecular weight is 590 g/mol. The summed E-state index contributed by atoms with van der Waals surface area (Å²) >= 11 is 3.36. The first-order valence-corrected chi connectivity index (χ1v) is 11.8. The number of carbonyl (C=O) groups excluding carboxylic acids is 2. The summed E-state index contributed by atoms with van der Waals surface area (Å²) in [5, 5.41) is 28.7. The van der Waals surface area contributed by atoms with Crippen molar-refractivity contribution in [2.45, 2.75) is 26.3 Å². The molecule has 0 heterocycles. The Morgan fingerprint density at radius 3 is 2.32 bits per heavy atom. The molecule has 200 valence electrons. The number of non-ortho nitro benzene ring substituents is 2. The van der Waals surface area contributed by atoms with E-state index in [-0.39, 0.29) is 24.5 Å². The lowest BCUT2D eigenvalue weighted by Crippen LogP contribution is -2.46. The maximum absolute atomic E-state index is 12.8. The number of hydrogen-bond acceptors (Lipinski definition) is 9. The van der Waals surface area contributed by atoms with Crippen LogP contribution in [0.25, 0.3) is 0 Å². The van der Waals surface area contributed by atoms with Gasteiger partial charge in [0.05, 0.1) is 39.3 Å². The number of halogens is 1. The average Bonchev–Trinajstić information content (AvgIpc) is 2.86. The molecule has 0 aliphatic rings. The molecule has 0 unspecified atom stereocenters. The number of terminal acetylenes is 1. The molecule has 0 aliphatic heterocycles. The van der Waals surface area contributed by atoms with Crippen LogP contribution in [0.3, 0.4) is 0 Å². The Labute approximate surface area is 226 Å². The second-order valence-electron chi connectivity index (χ2n) is 8.17. The number of hydrazone groups is 1. The third kappa shape index (κ3) is 8.27. The van der Waals surface area contributed by atoms with Crippen LogP contribution in [0, 0.1) is 38.5 Å². The zero-order valence-corrected chi connectivity index (χ0v) is 22.2. The Morgan fingerprint density at radius 1 is 1.16 bits per heavy atom. The van der Waals surface area contributed by atoms with Crippen molar-refractivity contribution < 1.29 is 28.9 Å². The largest absolute Gasteiger partial charge is 0.493 e. The van der Waals surface area contributed by atoms with Crippen molar-refractivity contribution in [3.63, 3.8) is 0 Å². The fourth-order valence-corrected chi connectivity index (χ4v) is 3.77. The zero-order valence-electron chi connectivity index (χ0n) is 20.6. The molecular weight excluding hydrogens is 566 g/mol. The minimum absolute atomic E-state index is 0.0328. The van der Waals surface area contributed by atoms with Crippen molar-refractivity contribution in [1.29, 1.82) is 0 Å². The molecule has 2 aromatic carbocycles. The highest BCUT2D eigenvalue weighted by molar-refractivity contribution is 9.10. The third-order valence-electron chi connectivity index (χ3n) is 4.86.